The first kappa shape index (κ1) is 38.9. The highest BCUT2D eigenvalue weighted by molar-refractivity contribution is 6.09. The molecule has 0 fully saturated rings. The second-order valence-electron chi connectivity index (χ2n) is 16.9. The van der Waals surface area contributed by atoms with Crippen molar-refractivity contribution in [2.45, 2.75) is 0 Å². The molecule has 0 amide bonds. The summed E-state index contributed by atoms with van der Waals surface area (Å²) in [6.45, 7) is 0. The van der Waals surface area contributed by atoms with E-state index in [0.29, 0.717) is 0 Å². The van der Waals surface area contributed by atoms with Crippen LogP contribution in [-0.2, 0) is 0 Å². The van der Waals surface area contributed by atoms with Crippen molar-refractivity contribution < 1.29 is 4.42 Å². The van der Waals surface area contributed by atoms with Gasteiger partial charge < -0.3 is 9.32 Å². The summed E-state index contributed by atoms with van der Waals surface area (Å²) in [4.78, 5) is 2.39. The predicted molar refractivity (Wildman–Crippen MR) is 279 cm³/mol. The van der Waals surface area contributed by atoms with E-state index in [1.807, 2.05) is 12.1 Å². The van der Waals surface area contributed by atoms with Crippen molar-refractivity contribution in [1.29, 1.82) is 0 Å². The van der Waals surface area contributed by atoms with Crippen LogP contribution < -0.4 is 4.90 Å². The van der Waals surface area contributed by atoms with Gasteiger partial charge in [-0.05, 0) is 127 Å². The molecule has 2 heteroatoms. The van der Waals surface area contributed by atoms with Crippen LogP contribution in [0.1, 0.15) is 0 Å². The van der Waals surface area contributed by atoms with Crippen LogP contribution in [0.5, 0.6) is 0 Å². The van der Waals surface area contributed by atoms with Crippen LogP contribution in [0.3, 0.4) is 0 Å². The summed E-state index contributed by atoms with van der Waals surface area (Å²) < 4.78 is 6.49. The minimum Gasteiger partial charge on any atom is -0.455 e. The molecule has 0 spiro atoms. The van der Waals surface area contributed by atoms with Gasteiger partial charge in [0.05, 0.1) is 5.69 Å². The molecular weight excluding hydrogens is 799 g/mol. The lowest BCUT2D eigenvalue weighted by Crippen LogP contribution is -2.11. The van der Waals surface area contributed by atoms with Crippen LogP contribution in [0.4, 0.5) is 17.1 Å². The molecule has 11 aromatic carbocycles. The van der Waals surface area contributed by atoms with Gasteiger partial charge in [0.25, 0.3) is 0 Å². The molecule has 0 atom stereocenters. The number of hydrogen-bond acceptors (Lipinski definition) is 2. The molecule has 12 rings (SSSR count). The normalized spacial score (nSPS) is 11.3. The molecule has 2 nitrogen and oxygen atoms in total. The number of para-hydroxylation sites is 3. The van der Waals surface area contributed by atoms with E-state index in [-0.39, 0.29) is 0 Å². The summed E-state index contributed by atoms with van der Waals surface area (Å²) in [5.41, 5.74) is 19.0. The van der Waals surface area contributed by atoms with E-state index in [1.54, 1.807) is 0 Å². The Hall–Kier alpha value is -8.72. The maximum absolute atomic E-state index is 6.49. The zero-order chi connectivity index (χ0) is 43.8. The third-order valence-corrected chi connectivity index (χ3v) is 12.9. The van der Waals surface area contributed by atoms with Crippen molar-refractivity contribution in [3.8, 4) is 66.8 Å². The van der Waals surface area contributed by atoms with Crippen molar-refractivity contribution in [3.05, 3.63) is 261 Å². The Balaban J connectivity index is 0.986. The largest absolute Gasteiger partial charge is 0.455 e. The molecule has 0 saturated heterocycles. The molecule has 0 N–H and O–H groups in total. The first-order valence-corrected chi connectivity index (χ1v) is 22.6. The topological polar surface area (TPSA) is 16.4 Å². The Morgan fingerprint density at radius 1 is 0.258 bits per heavy atom. The molecule has 1 heterocycles. The van der Waals surface area contributed by atoms with E-state index >= 15 is 0 Å². The fraction of sp³-hybridized carbons (Fsp3) is 0. The van der Waals surface area contributed by atoms with Crippen molar-refractivity contribution in [2.75, 3.05) is 4.90 Å². The number of furan rings is 1. The maximum atomic E-state index is 6.49. The summed E-state index contributed by atoms with van der Waals surface area (Å²) in [6.07, 6.45) is 0. The number of benzene rings is 11. The lowest BCUT2D eigenvalue weighted by Gasteiger charge is -2.28. The van der Waals surface area contributed by atoms with Gasteiger partial charge in [0.2, 0.25) is 0 Å². The molecule has 66 heavy (non-hydrogen) atoms. The minimum absolute atomic E-state index is 0.899. The lowest BCUT2D eigenvalue weighted by molar-refractivity contribution is 0.670. The molecule has 310 valence electrons. The molecule has 0 unspecified atom stereocenters. The maximum Gasteiger partial charge on any atom is 0.143 e. The lowest BCUT2D eigenvalue weighted by atomic mass is 9.93. The second kappa shape index (κ2) is 16.8. The Labute approximate surface area is 384 Å². The number of rotatable bonds is 9. The zero-order valence-electron chi connectivity index (χ0n) is 36.2. The molecule has 0 aliphatic rings. The number of fused-ring (bicyclic) bond motifs is 4. The smallest absolute Gasteiger partial charge is 0.143 e. The molecule has 0 radical (unpaired) electrons. The van der Waals surface area contributed by atoms with Crippen molar-refractivity contribution in [2.24, 2.45) is 0 Å². The molecule has 0 bridgehead atoms. The van der Waals surface area contributed by atoms with Crippen LogP contribution in [-0.4, -0.2) is 0 Å². The number of nitrogens with zero attached hydrogens (tertiary/aromatic N) is 1. The summed E-state index contributed by atoms with van der Waals surface area (Å²) in [5, 5.41) is 4.73. The van der Waals surface area contributed by atoms with Gasteiger partial charge in [0, 0.05) is 33.3 Å². The van der Waals surface area contributed by atoms with Gasteiger partial charge in [0.1, 0.15) is 11.2 Å². The summed E-state index contributed by atoms with van der Waals surface area (Å²) in [7, 11) is 0. The van der Waals surface area contributed by atoms with Gasteiger partial charge in [-0.15, -0.1) is 0 Å². The van der Waals surface area contributed by atoms with Gasteiger partial charge in [-0.1, -0.05) is 200 Å². The quantitative estimate of drug-likeness (QED) is 0.144. The van der Waals surface area contributed by atoms with Gasteiger partial charge in [-0.3, -0.25) is 0 Å². The van der Waals surface area contributed by atoms with E-state index in [0.717, 1.165) is 66.8 Å². The molecule has 0 saturated carbocycles. The van der Waals surface area contributed by atoms with Gasteiger partial charge in [-0.25, -0.2) is 0 Å². The summed E-state index contributed by atoms with van der Waals surface area (Å²) >= 11 is 0. The third kappa shape index (κ3) is 7.21. The fourth-order valence-electron chi connectivity index (χ4n) is 9.63. The fourth-order valence-corrected chi connectivity index (χ4v) is 9.63. The monoisotopic (exact) mass is 841 g/mol. The number of hydrogen-bond donors (Lipinski definition) is 0. The third-order valence-electron chi connectivity index (χ3n) is 12.9. The van der Waals surface area contributed by atoms with Crippen LogP contribution >= 0.6 is 0 Å². The van der Waals surface area contributed by atoms with Gasteiger partial charge >= 0.3 is 0 Å². The van der Waals surface area contributed by atoms with Crippen LogP contribution in [0, 0.1) is 0 Å². The van der Waals surface area contributed by atoms with Crippen molar-refractivity contribution >= 4 is 49.8 Å². The molecule has 0 aliphatic heterocycles. The Morgan fingerprint density at radius 2 is 0.697 bits per heavy atom. The van der Waals surface area contributed by atoms with Crippen LogP contribution in [0.25, 0.3) is 99.5 Å². The van der Waals surface area contributed by atoms with Crippen LogP contribution in [0.15, 0.2) is 265 Å². The Morgan fingerprint density at radius 3 is 1.39 bits per heavy atom. The van der Waals surface area contributed by atoms with Crippen molar-refractivity contribution in [1.82, 2.24) is 0 Å². The summed E-state index contributed by atoms with van der Waals surface area (Å²) in [5.74, 6) is 0. The predicted octanol–water partition coefficient (Wildman–Crippen LogP) is 18.2. The first-order valence-electron chi connectivity index (χ1n) is 22.6. The molecule has 1 aromatic heterocycles. The average molecular weight is 842 g/mol. The SMILES string of the molecule is c1ccc(-c2cc(-c3ccccc3)cc(-c3ccc(N(c4ccc(-c5cccc6c5oc5ccccc56)cc4)c4ccccc4-c4cccc(-c5cccc6ccccc56)c4)cc3)c2)cc1. The second-order valence-corrected chi connectivity index (χ2v) is 16.9. The van der Waals surface area contributed by atoms with E-state index in [2.05, 4.69) is 254 Å². The Kier molecular flexibility index (Phi) is 9.89. The van der Waals surface area contributed by atoms with Gasteiger partial charge in [0.15, 0.2) is 0 Å². The van der Waals surface area contributed by atoms with E-state index in [1.165, 1.54) is 49.7 Å². The Bertz CT molecular complexity index is 3620. The highest BCUT2D eigenvalue weighted by atomic mass is 16.3. The standard InChI is InChI=1S/C64H43NO/c1-3-16-44(17-4-1)51-41-52(45-18-5-2-6-19-45)43-53(42-51)46-32-36-54(37-33-46)65(55-38-34-48(35-39-55)59-28-15-29-61-60-26-10-12-31-63(60)66-64(59)61)62-30-11-9-25-58(62)50-23-13-22-49(40-50)57-27-14-21-47-20-7-8-24-56(47)57/h1-43H. The van der Waals surface area contributed by atoms with Crippen molar-refractivity contribution in [3.63, 3.8) is 0 Å². The average Bonchev–Trinajstić information content (AvgIpc) is 3.79. The highest BCUT2D eigenvalue weighted by Crippen LogP contribution is 2.44. The molecular formula is C64H43NO. The van der Waals surface area contributed by atoms with E-state index < -0.39 is 0 Å². The highest BCUT2D eigenvalue weighted by Gasteiger charge is 2.20. The summed E-state index contributed by atoms with van der Waals surface area (Å²) in [6, 6.07) is 93.9. The van der Waals surface area contributed by atoms with E-state index in [9.17, 15) is 0 Å². The van der Waals surface area contributed by atoms with Crippen LogP contribution in [0.2, 0.25) is 0 Å². The molecule has 0 aliphatic carbocycles. The number of anilines is 3. The minimum atomic E-state index is 0.899. The molecule has 12 aromatic rings. The van der Waals surface area contributed by atoms with Gasteiger partial charge in [-0.2, -0.15) is 0 Å². The first-order chi connectivity index (χ1) is 32.7. The van der Waals surface area contributed by atoms with E-state index in [4.69, 9.17) is 4.42 Å². The zero-order valence-corrected chi connectivity index (χ0v) is 36.2.